The number of halogens is 1. The van der Waals surface area contributed by atoms with Crippen molar-refractivity contribution >= 4 is 44.9 Å². The van der Waals surface area contributed by atoms with Crippen LogP contribution in [0.15, 0.2) is 65.7 Å². The van der Waals surface area contributed by atoms with Gasteiger partial charge in [-0.05, 0) is 30.3 Å². The number of hydrogen-bond donors (Lipinski definition) is 1. The molecule has 0 bridgehead atoms. The van der Waals surface area contributed by atoms with Gasteiger partial charge in [0.2, 0.25) is 0 Å². The minimum absolute atomic E-state index is 0.151. The second-order valence-electron chi connectivity index (χ2n) is 6.00. The van der Waals surface area contributed by atoms with E-state index in [1.807, 2.05) is 28.7 Å². The molecule has 4 aromatic heterocycles. The molecule has 0 unspecified atom stereocenters. The number of benzene rings is 1. The van der Waals surface area contributed by atoms with E-state index >= 15 is 0 Å². The van der Waals surface area contributed by atoms with E-state index in [9.17, 15) is 4.79 Å². The molecular formula is C19H12ClN5O. The summed E-state index contributed by atoms with van der Waals surface area (Å²) in [6.45, 7) is 0. The maximum atomic E-state index is 13.3. The lowest BCUT2D eigenvalue weighted by Crippen LogP contribution is -2.20. The van der Waals surface area contributed by atoms with Crippen molar-refractivity contribution in [3.8, 4) is 5.69 Å². The molecule has 5 rings (SSSR count). The monoisotopic (exact) mass is 361 g/mol. The first-order valence-electron chi connectivity index (χ1n) is 7.96. The molecule has 6 nitrogen and oxygen atoms in total. The Bertz CT molecular complexity index is 1370. The Kier molecular flexibility index (Phi) is 3.05. The van der Waals surface area contributed by atoms with Crippen molar-refractivity contribution < 1.29 is 0 Å². The maximum absolute atomic E-state index is 13.3. The highest BCUT2D eigenvalue weighted by molar-refractivity contribution is 6.29. The standard InChI is InChI=1S/C19H12ClN5O/c20-15-7-6-12(9-22-15)25-18-17(13-3-1-2-4-14(13)19(25)26)23-16-8-5-11(21)10-24(16)18/h1-10H,21H2. The van der Waals surface area contributed by atoms with Gasteiger partial charge in [-0.2, -0.15) is 0 Å². The van der Waals surface area contributed by atoms with Gasteiger partial charge < -0.3 is 5.73 Å². The number of pyridine rings is 3. The lowest BCUT2D eigenvalue weighted by Gasteiger charge is -2.11. The highest BCUT2D eigenvalue weighted by atomic mass is 35.5. The van der Waals surface area contributed by atoms with Crippen LogP contribution >= 0.6 is 11.6 Å². The number of rotatable bonds is 1. The average Bonchev–Trinajstić information content (AvgIpc) is 3.02. The fraction of sp³-hybridized carbons (Fsp3) is 0. The Morgan fingerprint density at radius 1 is 1.00 bits per heavy atom. The van der Waals surface area contributed by atoms with Crippen LogP contribution in [0.2, 0.25) is 5.15 Å². The van der Waals surface area contributed by atoms with Crippen LogP contribution in [-0.2, 0) is 0 Å². The average molecular weight is 362 g/mol. The summed E-state index contributed by atoms with van der Waals surface area (Å²) in [6.07, 6.45) is 3.34. The largest absolute Gasteiger partial charge is 0.398 e. The van der Waals surface area contributed by atoms with Crippen molar-refractivity contribution in [3.05, 3.63) is 76.4 Å². The van der Waals surface area contributed by atoms with E-state index in [0.29, 0.717) is 33.2 Å². The minimum atomic E-state index is -0.151. The van der Waals surface area contributed by atoms with E-state index in [1.165, 1.54) is 0 Å². The number of aromatic nitrogens is 4. The van der Waals surface area contributed by atoms with E-state index in [4.69, 9.17) is 22.3 Å². The summed E-state index contributed by atoms with van der Waals surface area (Å²) in [5.74, 6) is 0. The molecule has 0 amide bonds. The zero-order valence-electron chi connectivity index (χ0n) is 13.4. The molecule has 0 saturated heterocycles. The third kappa shape index (κ3) is 2.02. The highest BCUT2D eigenvalue weighted by Gasteiger charge is 2.17. The Balaban J connectivity index is 2.09. The maximum Gasteiger partial charge on any atom is 0.264 e. The molecule has 7 heteroatoms. The van der Waals surface area contributed by atoms with Crippen LogP contribution in [0, 0.1) is 0 Å². The number of hydrogen-bond acceptors (Lipinski definition) is 4. The van der Waals surface area contributed by atoms with Crippen molar-refractivity contribution in [2.24, 2.45) is 0 Å². The van der Waals surface area contributed by atoms with Gasteiger partial charge in [0.1, 0.15) is 16.3 Å². The summed E-state index contributed by atoms with van der Waals surface area (Å²) in [5.41, 5.74) is 9.08. The van der Waals surface area contributed by atoms with Gasteiger partial charge in [-0.1, -0.05) is 29.8 Å². The topological polar surface area (TPSA) is 78.2 Å². The van der Waals surface area contributed by atoms with Crippen molar-refractivity contribution in [2.75, 3.05) is 5.73 Å². The van der Waals surface area contributed by atoms with Gasteiger partial charge in [0.15, 0.2) is 5.65 Å². The molecule has 126 valence electrons. The third-order valence-corrected chi connectivity index (χ3v) is 4.64. The lowest BCUT2D eigenvalue weighted by molar-refractivity contribution is 1.00. The van der Waals surface area contributed by atoms with Gasteiger partial charge in [0.25, 0.3) is 5.56 Å². The lowest BCUT2D eigenvalue weighted by atomic mass is 10.1. The molecule has 0 saturated carbocycles. The fourth-order valence-corrected chi connectivity index (χ4v) is 3.39. The second kappa shape index (κ2) is 5.31. The summed E-state index contributed by atoms with van der Waals surface area (Å²) in [6, 6.07) is 14.5. The van der Waals surface area contributed by atoms with Gasteiger partial charge in [-0.3, -0.25) is 13.8 Å². The number of nitrogens with two attached hydrogens (primary N) is 1. The normalized spacial score (nSPS) is 11.6. The van der Waals surface area contributed by atoms with Crippen LogP contribution in [0.4, 0.5) is 5.69 Å². The Labute approximate surface area is 152 Å². The van der Waals surface area contributed by atoms with Gasteiger partial charge in [-0.15, -0.1) is 0 Å². The minimum Gasteiger partial charge on any atom is -0.398 e. The Hall–Kier alpha value is -3.38. The molecule has 2 N–H and O–H groups in total. The zero-order valence-corrected chi connectivity index (χ0v) is 14.2. The Morgan fingerprint density at radius 3 is 2.58 bits per heavy atom. The molecule has 0 radical (unpaired) electrons. The molecule has 0 aliphatic heterocycles. The quantitative estimate of drug-likeness (QED) is 0.464. The van der Waals surface area contributed by atoms with Crippen LogP contribution in [0.1, 0.15) is 0 Å². The Morgan fingerprint density at radius 2 is 1.81 bits per heavy atom. The van der Waals surface area contributed by atoms with E-state index in [0.717, 1.165) is 10.9 Å². The second-order valence-corrected chi connectivity index (χ2v) is 6.39. The molecule has 0 fully saturated rings. The molecule has 5 aromatic rings. The number of anilines is 1. The van der Waals surface area contributed by atoms with E-state index in [2.05, 4.69) is 4.98 Å². The van der Waals surface area contributed by atoms with Crippen LogP contribution < -0.4 is 11.3 Å². The van der Waals surface area contributed by atoms with Crippen LogP contribution in [0.25, 0.3) is 33.3 Å². The van der Waals surface area contributed by atoms with Crippen LogP contribution in [-0.4, -0.2) is 18.9 Å². The van der Waals surface area contributed by atoms with Crippen LogP contribution in [0.5, 0.6) is 0 Å². The molecule has 0 aliphatic rings. The third-order valence-electron chi connectivity index (χ3n) is 4.41. The fourth-order valence-electron chi connectivity index (χ4n) is 3.28. The highest BCUT2D eigenvalue weighted by Crippen LogP contribution is 2.26. The van der Waals surface area contributed by atoms with Gasteiger partial charge in [-0.25, -0.2) is 9.97 Å². The van der Waals surface area contributed by atoms with Crippen molar-refractivity contribution in [1.29, 1.82) is 0 Å². The smallest absolute Gasteiger partial charge is 0.264 e. The predicted octanol–water partition coefficient (Wildman–Crippen LogP) is 3.42. The van der Waals surface area contributed by atoms with Crippen molar-refractivity contribution in [2.45, 2.75) is 0 Å². The summed E-state index contributed by atoms with van der Waals surface area (Å²) in [4.78, 5) is 22.1. The molecule has 0 atom stereocenters. The summed E-state index contributed by atoms with van der Waals surface area (Å²) in [5, 5.41) is 1.75. The first-order chi connectivity index (χ1) is 12.6. The first kappa shape index (κ1) is 14.9. The van der Waals surface area contributed by atoms with Gasteiger partial charge >= 0.3 is 0 Å². The number of fused-ring (bicyclic) bond motifs is 5. The predicted molar refractivity (Wildman–Crippen MR) is 103 cm³/mol. The summed E-state index contributed by atoms with van der Waals surface area (Å²) in [7, 11) is 0. The van der Waals surface area contributed by atoms with E-state index in [1.54, 1.807) is 41.2 Å². The van der Waals surface area contributed by atoms with Gasteiger partial charge in [0.05, 0.1) is 11.9 Å². The van der Waals surface area contributed by atoms with E-state index in [-0.39, 0.29) is 5.56 Å². The number of imidazole rings is 1. The molecule has 0 aliphatic carbocycles. The van der Waals surface area contributed by atoms with E-state index < -0.39 is 0 Å². The van der Waals surface area contributed by atoms with Crippen molar-refractivity contribution in [1.82, 2.24) is 18.9 Å². The molecule has 4 heterocycles. The summed E-state index contributed by atoms with van der Waals surface area (Å²) < 4.78 is 3.42. The number of nitrogen functional groups attached to an aromatic ring is 1. The molecule has 1 aromatic carbocycles. The molecule has 0 spiro atoms. The van der Waals surface area contributed by atoms with Crippen molar-refractivity contribution in [3.63, 3.8) is 0 Å². The van der Waals surface area contributed by atoms with Crippen LogP contribution in [0.3, 0.4) is 0 Å². The molecule has 26 heavy (non-hydrogen) atoms. The zero-order chi connectivity index (χ0) is 17.8. The van der Waals surface area contributed by atoms with Gasteiger partial charge in [0, 0.05) is 22.7 Å². The molecular weight excluding hydrogens is 350 g/mol. The SMILES string of the molecule is Nc1ccc2nc3c4ccccc4c(=O)n(-c4ccc(Cl)nc4)c3n2c1. The summed E-state index contributed by atoms with van der Waals surface area (Å²) >= 11 is 5.91. The first-order valence-corrected chi connectivity index (χ1v) is 8.34. The number of nitrogens with zero attached hydrogens (tertiary/aromatic N) is 4.